The Morgan fingerprint density at radius 1 is 1.10 bits per heavy atom. The Labute approximate surface area is 147 Å². The Bertz CT molecular complexity index is 623. The first-order valence-corrected chi connectivity index (χ1v) is 6.52. The first-order valence-electron chi connectivity index (χ1n) is 6.52. The molecule has 0 aromatic heterocycles. The number of aromatic carboxylic acids is 1. The van der Waals surface area contributed by atoms with Crippen LogP contribution in [0.2, 0.25) is 0 Å². The van der Waals surface area contributed by atoms with Crippen molar-refractivity contribution in [2.24, 2.45) is 0 Å². The standard InChI is InChI=1S/C14H10O3.C3H7.Na/c15-14(16)10-5-3-7-13-11(10)8-9-4-1-2-6-12(9)17-13;1-3-2;/h1-7H,8H2,(H,15,16);3H,1-2H3;/q;-1;+1. The third-order valence-electron chi connectivity index (χ3n) is 2.92. The average Bonchev–Trinajstić information content (AvgIpc) is 2.45. The van der Waals surface area contributed by atoms with Gasteiger partial charge in [-0.2, -0.15) is 13.8 Å². The first-order chi connectivity index (χ1) is 9.67. The molecule has 1 heterocycles. The number of carbonyl (C=O) groups is 1. The maximum absolute atomic E-state index is 11.1. The molecule has 0 amide bonds. The minimum atomic E-state index is -0.912. The zero-order valence-corrected chi connectivity index (χ0v) is 14.6. The topological polar surface area (TPSA) is 46.5 Å². The van der Waals surface area contributed by atoms with Crippen LogP contribution in [0.4, 0.5) is 0 Å². The van der Waals surface area contributed by atoms with Gasteiger partial charge in [0.2, 0.25) is 0 Å². The maximum atomic E-state index is 11.1. The van der Waals surface area contributed by atoms with Crippen LogP contribution in [0.5, 0.6) is 11.5 Å². The number of rotatable bonds is 1. The van der Waals surface area contributed by atoms with Crippen LogP contribution in [0.1, 0.15) is 35.3 Å². The summed E-state index contributed by atoms with van der Waals surface area (Å²) in [4.78, 5) is 11.1. The van der Waals surface area contributed by atoms with Crippen molar-refractivity contribution in [3.05, 3.63) is 65.6 Å². The van der Waals surface area contributed by atoms with Gasteiger partial charge in [-0.25, -0.2) is 4.79 Å². The minimum Gasteiger partial charge on any atom is -0.478 e. The van der Waals surface area contributed by atoms with Crippen molar-refractivity contribution in [2.75, 3.05) is 0 Å². The predicted octanol–water partition coefficient (Wildman–Crippen LogP) is 1.32. The van der Waals surface area contributed by atoms with Gasteiger partial charge in [0, 0.05) is 12.0 Å². The molecular weight excluding hydrogens is 275 g/mol. The predicted molar refractivity (Wildman–Crippen MR) is 78.4 cm³/mol. The monoisotopic (exact) mass is 292 g/mol. The van der Waals surface area contributed by atoms with E-state index < -0.39 is 5.97 Å². The van der Waals surface area contributed by atoms with Crippen LogP contribution in [0.25, 0.3) is 0 Å². The molecule has 0 saturated carbocycles. The normalized spacial score (nSPS) is 10.8. The van der Waals surface area contributed by atoms with E-state index in [2.05, 4.69) is 0 Å². The number of hydrogen-bond acceptors (Lipinski definition) is 2. The van der Waals surface area contributed by atoms with Crippen molar-refractivity contribution in [2.45, 2.75) is 20.3 Å². The van der Waals surface area contributed by atoms with Crippen LogP contribution in [0.3, 0.4) is 0 Å². The summed E-state index contributed by atoms with van der Waals surface area (Å²) in [5, 5.41) is 9.13. The van der Waals surface area contributed by atoms with E-state index in [1.807, 2.05) is 44.5 Å². The fourth-order valence-corrected chi connectivity index (χ4v) is 2.10. The Morgan fingerprint density at radius 3 is 2.38 bits per heavy atom. The Hall–Kier alpha value is -1.29. The SMILES string of the molecule is C[CH-]C.O=C(O)c1cccc2c1Cc1ccccc1O2.[Na+]. The number of carboxylic acids is 1. The van der Waals surface area contributed by atoms with E-state index in [9.17, 15) is 4.79 Å². The molecule has 4 heteroatoms. The Morgan fingerprint density at radius 2 is 1.71 bits per heavy atom. The van der Waals surface area contributed by atoms with Crippen LogP contribution in [0, 0.1) is 6.42 Å². The van der Waals surface area contributed by atoms with E-state index in [0.29, 0.717) is 17.7 Å². The molecule has 1 N–H and O–H groups in total. The summed E-state index contributed by atoms with van der Waals surface area (Å²) in [5.41, 5.74) is 2.09. The molecule has 0 bridgehead atoms. The summed E-state index contributed by atoms with van der Waals surface area (Å²) in [6.45, 7) is 4.00. The Kier molecular flexibility index (Phi) is 6.96. The molecule has 3 nitrogen and oxygen atoms in total. The molecule has 104 valence electrons. The second kappa shape index (κ2) is 8.23. The number of hydrogen-bond donors (Lipinski definition) is 1. The Balaban J connectivity index is 0.000000510. The molecule has 0 aliphatic carbocycles. The van der Waals surface area contributed by atoms with Gasteiger partial charge in [-0.3, -0.25) is 0 Å². The van der Waals surface area contributed by atoms with Crippen LogP contribution < -0.4 is 34.3 Å². The molecule has 0 fully saturated rings. The third-order valence-corrected chi connectivity index (χ3v) is 2.92. The molecule has 21 heavy (non-hydrogen) atoms. The van der Waals surface area contributed by atoms with Gasteiger partial charge in [0.1, 0.15) is 11.5 Å². The summed E-state index contributed by atoms with van der Waals surface area (Å²) in [7, 11) is 0. The van der Waals surface area contributed by atoms with E-state index in [1.165, 1.54) is 0 Å². The van der Waals surface area contributed by atoms with Gasteiger partial charge in [-0.05, 0) is 23.8 Å². The van der Waals surface area contributed by atoms with Crippen molar-refractivity contribution >= 4 is 5.97 Å². The average molecular weight is 292 g/mol. The zero-order chi connectivity index (χ0) is 14.5. The third kappa shape index (κ3) is 4.10. The molecular formula is C17H17NaO3. The van der Waals surface area contributed by atoms with E-state index in [1.54, 1.807) is 18.2 Å². The van der Waals surface area contributed by atoms with E-state index in [4.69, 9.17) is 9.84 Å². The summed E-state index contributed by atoms with van der Waals surface area (Å²) in [5.74, 6) is 0.538. The fraction of sp³-hybridized carbons (Fsp3) is 0.176. The van der Waals surface area contributed by atoms with Gasteiger partial charge in [0.05, 0.1) is 5.56 Å². The fourth-order valence-electron chi connectivity index (χ4n) is 2.10. The number of para-hydroxylation sites is 1. The summed E-state index contributed by atoms with van der Waals surface area (Å²) in [6.07, 6.45) is 2.61. The van der Waals surface area contributed by atoms with Gasteiger partial charge >= 0.3 is 35.5 Å². The minimum absolute atomic E-state index is 0. The summed E-state index contributed by atoms with van der Waals surface area (Å²) in [6, 6.07) is 12.8. The van der Waals surface area contributed by atoms with Crippen LogP contribution >= 0.6 is 0 Å². The van der Waals surface area contributed by atoms with Gasteiger partial charge in [0.15, 0.2) is 0 Å². The zero-order valence-electron chi connectivity index (χ0n) is 12.6. The second-order valence-corrected chi connectivity index (χ2v) is 4.55. The van der Waals surface area contributed by atoms with Crippen LogP contribution in [-0.4, -0.2) is 11.1 Å². The molecule has 2 aromatic rings. The summed E-state index contributed by atoms with van der Waals surface area (Å²) >= 11 is 0. The first kappa shape index (κ1) is 17.8. The van der Waals surface area contributed by atoms with E-state index in [0.717, 1.165) is 16.9 Å². The molecule has 2 aromatic carbocycles. The van der Waals surface area contributed by atoms with E-state index in [-0.39, 0.29) is 29.6 Å². The number of benzene rings is 2. The van der Waals surface area contributed by atoms with Gasteiger partial charge in [0.25, 0.3) is 0 Å². The molecule has 0 unspecified atom stereocenters. The van der Waals surface area contributed by atoms with Crippen molar-refractivity contribution in [3.8, 4) is 11.5 Å². The maximum Gasteiger partial charge on any atom is 1.00 e. The number of ether oxygens (including phenoxy) is 1. The second-order valence-electron chi connectivity index (χ2n) is 4.55. The molecule has 0 radical (unpaired) electrons. The molecule has 0 spiro atoms. The van der Waals surface area contributed by atoms with Crippen molar-refractivity contribution < 1.29 is 44.2 Å². The quantitative estimate of drug-likeness (QED) is 0.543. The molecule has 1 aliphatic heterocycles. The molecule has 3 rings (SSSR count). The number of fused-ring (bicyclic) bond motifs is 2. The van der Waals surface area contributed by atoms with Gasteiger partial charge in [-0.15, -0.1) is 0 Å². The van der Waals surface area contributed by atoms with Gasteiger partial charge in [-0.1, -0.05) is 24.3 Å². The molecule has 0 saturated heterocycles. The summed E-state index contributed by atoms with van der Waals surface area (Å²) < 4.78 is 5.70. The van der Waals surface area contributed by atoms with Crippen molar-refractivity contribution in [1.29, 1.82) is 0 Å². The molecule has 1 aliphatic rings. The largest absolute Gasteiger partial charge is 1.00 e. The molecule has 0 atom stereocenters. The smallest absolute Gasteiger partial charge is 0.478 e. The van der Waals surface area contributed by atoms with Crippen LogP contribution in [0.15, 0.2) is 42.5 Å². The van der Waals surface area contributed by atoms with E-state index >= 15 is 0 Å². The van der Waals surface area contributed by atoms with Gasteiger partial charge < -0.3 is 16.3 Å². The van der Waals surface area contributed by atoms with Crippen molar-refractivity contribution in [1.82, 2.24) is 0 Å². The number of carboxylic acid groups (broad SMARTS) is 1. The van der Waals surface area contributed by atoms with Crippen LogP contribution in [-0.2, 0) is 6.42 Å². The van der Waals surface area contributed by atoms with Crippen molar-refractivity contribution in [3.63, 3.8) is 0 Å².